The van der Waals surface area contributed by atoms with E-state index in [1.807, 2.05) is 6.92 Å². The van der Waals surface area contributed by atoms with Gasteiger partial charge in [-0.15, -0.1) is 24.0 Å². The molecular weight excluding hydrogens is 513 g/mol. The van der Waals surface area contributed by atoms with Gasteiger partial charge in [-0.05, 0) is 31.2 Å². The Labute approximate surface area is 198 Å². The van der Waals surface area contributed by atoms with Crippen LogP contribution in [-0.4, -0.2) is 78.5 Å². The van der Waals surface area contributed by atoms with Crippen LogP contribution in [0.4, 0.5) is 0 Å². The van der Waals surface area contributed by atoms with E-state index in [-0.39, 0.29) is 47.1 Å². The summed E-state index contributed by atoms with van der Waals surface area (Å²) in [5, 5.41) is 15.8. The van der Waals surface area contributed by atoms with E-state index in [1.165, 1.54) is 12.3 Å². The number of aromatic hydroxyl groups is 1. The number of guanidine groups is 1. The summed E-state index contributed by atoms with van der Waals surface area (Å²) in [7, 11) is 0. The number of nitrogens with zero attached hydrogens (tertiary/aromatic N) is 3. The fourth-order valence-electron chi connectivity index (χ4n) is 3.20. The van der Waals surface area contributed by atoms with Gasteiger partial charge in [-0.2, -0.15) is 0 Å². The van der Waals surface area contributed by atoms with Gasteiger partial charge in [-0.3, -0.25) is 14.6 Å². The average molecular weight is 541 g/mol. The van der Waals surface area contributed by atoms with E-state index in [0.717, 1.165) is 5.96 Å². The molecule has 2 amide bonds. The summed E-state index contributed by atoms with van der Waals surface area (Å²) in [5.41, 5.74) is 0.241. The molecule has 0 bridgehead atoms. The number of phenolic OH excluding ortho intramolecular Hbond substituents is 1. The zero-order valence-electron chi connectivity index (χ0n) is 17.4. The minimum Gasteiger partial charge on any atom is -0.507 e. The maximum atomic E-state index is 12.4. The molecule has 168 valence electrons. The number of rotatable bonds is 6. The molecule has 3 rings (SSSR count). The van der Waals surface area contributed by atoms with Gasteiger partial charge in [-0.25, -0.2) is 0 Å². The van der Waals surface area contributed by atoms with Crippen LogP contribution in [0.1, 0.15) is 27.8 Å². The zero-order valence-corrected chi connectivity index (χ0v) is 19.7. The second kappa shape index (κ2) is 12.2. The largest absolute Gasteiger partial charge is 0.507 e. The lowest BCUT2D eigenvalue weighted by molar-refractivity contribution is 0.0657. The van der Waals surface area contributed by atoms with Gasteiger partial charge in [0.1, 0.15) is 5.75 Å². The second-order valence-corrected chi connectivity index (χ2v) is 6.77. The van der Waals surface area contributed by atoms with Crippen molar-refractivity contribution in [3.05, 3.63) is 54.0 Å². The molecule has 1 fully saturated rings. The van der Waals surface area contributed by atoms with Gasteiger partial charge >= 0.3 is 0 Å². The van der Waals surface area contributed by atoms with Crippen LogP contribution in [-0.2, 0) is 0 Å². The molecule has 0 spiro atoms. The van der Waals surface area contributed by atoms with E-state index in [2.05, 4.69) is 20.5 Å². The fraction of sp³-hybridized carbons (Fsp3) is 0.381. The molecule has 0 radical (unpaired) electrons. The average Bonchev–Trinajstić information content (AvgIpc) is 3.30. The highest BCUT2D eigenvalue weighted by Crippen LogP contribution is 2.14. The number of carbonyl (C=O) groups is 2. The molecule has 1 saturated heterocycles. The Kier molecular flexibility index (Phi) is 9.63. The third-order valence-corrected chi connectivity index (χ3v) is 4.74. The predicted octanol–water partition coefficient (Wildman–Crippen LogP) is 1.76. The normalized spacial score (nSPS) is 14.0. The number of benzene rings is 1. The van der Waals surface area contributed by atoms with Gasteiger partial charge < -0.3 is 30.0 Å². The summed E-state index contributed by atoms with van der Waals surface area (Å²) in [5.74, 6) is 0.615. The highest BCUT2D eigenvalue weighted by atomic mass is 127. The first kappa shape index (κ1) is 24.5. The molecule has 2 heterocycles. The van der Waals surface area contributed by atoms with Crippen molar-refractivity contribution >= 4 is 41.8 Å². The molecule has 1 aromatic carbocycles. The Bertz CT molecular complexity index is 880. The molecule has 1 aliphatic rings. The van der Waals surface area contributed by atoms with Crippen LogP contribution in [0.15, 0.2) is 52.1 Å². The van der Waals surface area contributed by atoms with Crippen molar-refractivity contribution in [1.29, 1.82) is 0 Å². The Morgan fingerprint density at radius 1 is 1.06 bits per heavy atom. The van der Waals surface area contributed by atoms with Gasteiger partial charge in [0.15, 0.2) is 11.7 Å². The van der Waals surface area contributed by atoms with Crippen molar-refractivity contribution < 1.29 is 19.1 Å². The summed E-state index contributed by atoms with van der Waals surface area (Å²) >= 11 is 0. The summed E-state index contributed by atoms with van der Waals surface area (Å²) in [6.07, 6.45) is 1.50. The summed E-state index contributed by atoms with van der Waals surface area (Å²) in [6, 6.07) is 9.79. The third kappa shape index (κ3) is 6.61. The molecule has 0 atom stereocenters. The first-order valence-corrected chi connectivity index (χ1v) is 10.0. The summed E-state index contributed by atoms with van der Waals surface area (Å²) < 4.78 is 5.19. The molecule has 1 aromatic heterocycles. The van der Waals surface area contributed by atoms with E-state index in [9.17, 15) is 14.7 Å². The van der Waals surface area contributed by atoms with Crippen LogP contribution in [0.3, 0.4) is 0 Å². The van der Waals surface area contributed by atoms with Crippen LogP contribution < -0.4 is 10.6 Å². The standard InChI is InChI=1S/C21H27N5O4.HI/c1-2-22-21(24-10-9-23-19(28)16-6-3-4-7-17(16)27)26-13-11-25(12-14-26)20(29)18-8-5-15-30-18;/h3-8,15,27H,2,9-14H2,1H3,(H,22,24)(H,23,28);1H. The maximum Gasteiger partial charge on any atom is 0.289 e. The van der Waals surface area contributed by atoms with Gasteiger partial charge in [0.2, 0.25) is 0 Å². The van der Waals surface area contributed by atoms with Crippen LogP contribution in [0.25, 0.3) is 0 Å². The minimum absolute atomic E-state index is 0. The molecule has 3 N–H and O–H groups in total. The lowest BCUT2D eigenvalue weighted by Gasteiger charge is -2.36. The molecule has 2 aromatic rings. The zero-order chi connectivity index (χ0) is 21.3. The number of halogens is 1. The van der Waals surface area contributed by atoms with Crippen molar-refractivity contribution in [1.82, 2.24) is 20.4 Å². The SMILES string of the molecule is CCNC(=NCCNC(=O)c1ccccc1O)N1CCN(C(=O)c2ccco2)CC1.I. The molecule has 0 unspecified atom stereocenters. The number of piperazine rings is 1. The van der Waals surface area contributed by atoms with Crippen molar-refractivity contribution in [2.75, 3.05) is 45.8 Å². The number of hydrogen-bond acceptors (Lipinski definition) is 5. The molecule has 1 aliphatic heterocycles. The van der Waals surface area contributed by atoms with Crippen LogP contribution >= 0.6 is 24.0 Å². The monoisotopic (exact) mass is 541 g/mol. The minimum atomic E-state index is -0.335. The van der Waals surface area contributed by atoms with Gasteiger partial charge in [0.25, 0.3) is 11.8 Å². The van der Waals surface area contributed by atoms with E-state index in [4.69, 9.17) is 4.42 Å². The van der Waals surface area contributed by atoms with Gasteiger partial charge in [0, 0.05) is 39.3 Å². The first-order chi connectivity index (χ1) is 14.6. The van der Waals surface area contributed by atoms with Gasteiger partial charge in [0.05, 0.1) is 18.4 Å². The Morgan fingerprint density at radius 3 is 2.42 bits per heavy atom. The molecule has 0 aliphatic carbocycles. The Morgan fingerprint density at radius 2 is 1.77 bits per heavy atom. The Balaban J connectivity index is 0.00000341. The highest BCUT2D eigenvalue weighted by molar-refractivity contribution is 14.0. The van der Waals surface area contributed by atoms with Crippen LogP contribution in [0, 0.1) is 0 Å². The fourth-order valence-corrected chi connectivity index (χ4v) is 3.20. The quantitative estimate of drug-likeness (QED) is 0.223. The third-order valence-electron chi connectivity index (χ3n) is 4.74. The molecule has 0 saturated carbocycles. The Hall–Kier alpha value is -2.76. The number of furan rings is 1. The van der Waals surface area contributed by atoms with Crippen LogP contribution in [0.5, 0.6) is 5.75 Å². The molecule has 10 heteroatoms. The number of carbonyl (C=O) groups excluding carboxylic acids is 2. The number of aliphatic imine (C=N–C) groups is 1. The summed E-state index contributed by atoms with van der Waals surface area (Å²) in [6.45, 7) is 5.92. The van der Waals surface area contributed by atoms with E-state index in [0.29, 0.717) is 51.6 Å². The van der Waals surface area contributed by atoms with E-state index in [1.54, 1.807) is 35.2 Å². The van der Waals surface area contributed by atoms with E-state index < -0.39 is 0 Å². The van der Waals surface area contributed by atoms with Crippen molar-refractivity contribution in [2.24, 2.45) is 4.99 Å². The lowest BCUT2D eigenvalue weighted by Crippen LogP contribution is -2.53. The number of nitrogens with one attached hydrogen (secondary N) is 2. The van der Waals surface area contributed by atoms with Crippen LogP contribution in [0.2, 0.25) is 0 Å². The topological polar surface area (TPSA) is 110 Å². The molecular formula is C21H28IN5O4. The number of phenols is 1. The number of amides is 2. The lowest BCUT2D eigenvalue weighted by atomic mass is 10.2. The van der Waals surface area contributed by atoms with Crippen molar-refractivity contribution in [2.45, 2.75) is 6.92 Å². The number of hydrogen-bond donors (Lipinski definition) is 3. The smallest absolute Gasteiger partial charge is 0.289 e. The molecule has 31 heavy (non-hydrogen) atoms. The van der Waals surface area contributed by atoms with Crippen molar-refractivity contribution in [3.8, 4) is 5.75 Å². The number of para-hydroxylation sites is 1. The highest BCUT2D eigenvalue weighted by Gasteiger charge is 2.25. The van der Waals surface area contributed by atoms with Crippen molar-refractivity contribution in [3.63, 3.8) is 0 Å². The maximum absolute atomic E-state index is 12.4. The predicted molar refractivity (Wildman–Crippen MR) is 128 cm³/mol. The second-order valence-electron chi connectivity index (χ2n) is 6.77. The first-order valence-electron chi connectivity index (χ1n) is 10.0. The van der Waals surface area contributed by atoms with Gasteiger partial charge in [-0.1, -0.05) is 12.1 Å². The molecule has 9 nitrogen and oxygen atoms in total. The van der Waals surface area contributed by atoms with E-state index >= 15 is 0 Å². The summed E-state index contributed by atoms with van der Waals surface area (Å²) in [4.78, 5) is 33.0.